The summed E-state index contributed by atoms with van der Waals surface area (Å²) in [5.74, 6) is -0.797. The first-order chi connectivity index (χ1) is 11.0. The summed E-state index contributed by atoms with van der Waals surface area (Å²) in [5, 5.41) is 13.0. The summed E-state index contributed by atoms with van der Waals surface area (Å²) in [6.07, 6.45) is 0. The molecule has 3 rings (SSSR count). The molecular weight excluding hydrogens is 318 g/mol. The van der Waals surface area contributed by atoms with E-state index in [2.05, 4.69) is 5.32 Å². The number of hydrogen-bond donors (Lipinski definition) is 2. The van der Waals surface area contributed by atoms with Crippen molar-refractivity contribution >= 4 is 28.5 Å². The van der Waals surface area contributed by atoms with Crippen LogP contribution in [0.5, 0.6) is 5.75 Å². The number of halogens is 1. The normalized spacial score (nSPS) is 10.7. The number of phenolic OH excluding ortho intramolecular Hbond substituents is 1. The van der Waals surface area contributed by atoms with Crippen LogP contribution in [-0.4, -0.2) is 11.0 Å². The predicted octanol–water partition coefficient (Wildman–Crippen LogP) is 3.08. The molecule has 0 radical (unpaired) electrons. The molecular formula is C17H12ClNO4. The lowest BCUT2D eigenvalue weighted by molar-refractivity contribution is 0.0923. The van der Waals surface area contributed by atoms with Gasteiger partial charge in [0.1, 0.15) is 16.7 Å². The fourth-order valence-electron chi connectivity index (χ4n) is 2.18. The molecule has 1 aromatic heterocycles. The number of hydrogen-bond acceptors (Lipinski definition) is 4. The van der Waals surface area contributed by atoms with Gasteiger partial charge in [0.2, 0.25) is 0 Å². The van der Waals surface area contributed by atoms with Gasteiger partial charge < -0.3 is 14.8 Å². The van der Waals surface area contributed by atoms with Crippen LogP contribution < -0.4 is 10.7 Å². The van der Waals surface area contributed by atoms with Crippen molar-refractivity contribution in [1.82, 2.24) is 5.32 Å². The fraction of sp³-hybridized carbons (Fsp3) is 0.0588. The molecule has 23 heavy (non-hydrogen) atoms. The zero-order valence-corrected chi connectivity index (χ0v) is 12.6. The van der Waals surface area contributed by atoms with Gasteiger partial charge in [-0.1, -0.05) is 29.8 Å². The minimum absolute atomic E-state index is 0.0572. The van der Waals surface area contributed by atoms with Crippen molar-refractivity contribution in [2.45, 2.75) is 6.54 Å². The molecule has 0 aliphatic rings. The van der Waals surface area contributed by atoms with Gasteiger partial charge in [-0.05, 0) is 29.8 Å². The summed E-state index contributed by atoms with van der Waals surface area (Å²) in [5.41, 5.74) is 0.554. The number of carbonyl (C=O) groups excluding carboxylic acids is 1. The lowest BCUT2D eigenvalue weighted by Crippen LogP contribution is -2.24. The van der Waals surface area contributed by atoms with Gasteiger partial charge in [0.25, 0.3) is 5.91 Å². The van der Waals surface area contributed by atoms with Crippen LogP contribution in [0, 0.1) is 0 Å². The molecule has 0 aliphatic heterocycles. The molecule has 0 bridgehead atoms. The molecule has 0 aliphatic carbocycles. The minimum atomic E-state index is -0.512. The van der Waals surface area contributed by atoms with Gasteiger partial charge in [-0.15, -0.1) is 0 Å². The number of amides is 1. The molecule has 2 N–H and O–H groups in total. The van der Waals surface area contributed by atoms with Gasteiger partial charge in [-0.25, -0.2) is 0 Å². The Hall–Kier alpha value is -2.79. The third-order valence-corrected chi connectivity index (χ3v) is 3.57. The molecule has 2 aromatic carbocycles. The zero-order valence-electron chi connectivity index (χ0n) is 11.9. The van der Waals surface area contributed by atoms with E-state index in [0.29, 0.717) is 5.02 Å². The standard InChI is InChI=1S/C17H12ClNO4/c18-11-6-4-10(5-7-11)9-19-17(22)15-8-13(21)16-12(20)2-1-3-14(16)23-15/h1-8,20H,9H2,(H,19,22). The number of fused-ring (bicyclic) bond motifs is 1. The van der Waals surface area contributed by atoms with Crippen LogP contribution in [0.4, 0.5) is 0 Å². The van der Waals surface area contributed by atoms with Gasteiger partial charge in [0.05, 0.1) is 0 Å². The highest BCUT2D eigenvalue weighted by atomic mass is 35.5. The molecule has 0 saturated carbocycles. The Labute approximate surface area is 136 Å². The molecule has 0 saturated heterocycles. The Morgan fingerprint density at radius 1 is 1.17 bits per heavy atom. The van der Waals surface area contributed by atoms with E-state index in [0.717, 1.165) is 11.6 Å². The van der Waals surface area contributed by atoms with Crippen LogP contribution in [-0.2, 0) is 6.54 Å². The highest BCUT2D eigenvalue weighted by molar-refractivity contribution is 6.30. The average molecular weight is 330 g/mol. The van der Waals surface area contributed by atoms with Crippen molar-refractivity contribution in [3.63, 3.8) is 0 Å². The molecule has 0 spiro atoms. The Morgan fingerprint density at radius 2 is 1.91 bits per heavy atom. The molecule has 0 fully saturated rings. The number of benzene rings is 2. The van der Waals surface area contributed by atoms with E-state index >= 15 is 0 Å². The van der Waals surface area contributed by atoms with Crippen molar-refractivity contribution in [3.05, 3.63) is 75.1 Å². The van der Waals surface area contributed by atoms with Crippen LogP contribution in [0.3, 0.4) is 0 Å². The molecule has 6 heteroatoms. The summed E-state index contributed by atoms with van der Waals surface area (Å²) in [6, 6.07) is 12.5. The first-order valence-corrected chi connectivity index (χ1v) is 7.21. The smallest absolute Gasteiger partial charge is 0.287 e. The Morgan fingerprint density at radius 3 is 2.65 bits per heavy atom. The maximum absolute atomic E-state index is 12.1. The van der Waals surface area contributed by atoms with Crippen molar-refractivity contribution in [2.75, 3.05) is 0 Å². The summed E-state index contributed by atoms with van der Waals surface area (Å²) in [4.78, 5) is 24.2. The van der Waals surface area contributed by atoms with E-state index in [1.807, 2.05) is 0 Å². The van der Waals surface area contributed by atoms with Crippen LogP contribution in [0.15, 0.2) is 57.7 Å². The van der Waals surface area contributed by atoms with Gasteiger partial charge in [-0.3, -0.25) is 9.59 Å². The SMILES string of the molecule is O=C(NCc1ccc(Cl)cc1)c1cc(=O)c2c(O)cccc2o1. The zero-order chi connectivity index (χ0) is 16.4. The Kier molecular flexibility index (Phi) is 4.04. The second-order valence-electron chi connectivity index (χ2n) is 4.93. The van der Waals surface area contributed by atoms with E-state index < -0.39 is 11.3 Å². The molecule has 1 amide bonds. The monoisotopic (exact) mass is 329 g/mol. The van der Waals surface area contributed by atoms with Crippen molar-refractivity contribution in [3.8, 4) is 5.75 Å². The lowest BCUT2D eigenvalue weighted by atomic mass is 10.2. The molecule has 116 valence electrons. The predicted molar refractivity (Wildman–Crippen MR) is 86.8 cm³/mol. The van der Waals surface area contributed by atoms with E-state index in [1.165, 1.54) is 18.2 Å². The second kappa shape index (κ2) is 6.14. The largest absolute Gasteiger partial charge is 0.507 e. The maximum Gasteiger partial charge on any atom is 0.287 e. The molecule has 0 unspecified atom stereocenters. The van der Waals surface area contributed by atoms with E-state index in [4.69, 9.17) is 16.0 Å². The van der Waals surface area contributed by atoms with Crippen molar-refractivity contribution in [1.29, 1.82) is 0 Å². The summed E-state index contributed by atoms with van der Waals surface area (Å²) >= 11 is 5.80. The van der Waals surface area contributed by atoms with E-state index in [9.17, 15) is 14.7 Å². The van der Waals surface area contributed by atoms with Gasteiger partial charge in [0, 0.05) is 17.6 Å². The Balaban J connectivity index is 1.84. The second-order valence-corrected chi connectivity index (χ2v) is 5.37. The van der Waals surface area contributed by atoms with Crippen LogP contribution >= 0.6 is 11.6 Å². The maximum atomic E-state index is 12.1. The number of nitrogens with one attached hydrogen (secondary N) is 1. The van der Waals surface area contributed by atoms with Crippen LogP contribution in [0.25, 0.3) is 11.0 Å². The summed E-state index contributed by atoms with van der Waals surface area (Å²) in [6.45, 7) is 0.276. The quantitative estimate of drug-likeness (QED) is 0.774. The number of aromatic hydroxyl groups is 1. The minimum Gasteiger partial charge on any atom is -0.507 e. The number of phenols is 1. The van der Waals surface area contributed by atoms with Gasteiger partial charge in [0.15, 0.2) is 11.2 Å². The molecule has 3 aromatic rings. The van der Waals surface area contributed by atoms with E-state index in [-0.39, 0.29) is 29.0 Å². The first kappa shape index (κ1) is 15.1. The Bertz CT molecular complexity index is 931. The summed E-state index contributed by atoms with van der Waals surface area (Å²) < 4.78 is 5.40. The van der Waals surface area contributed by atoms with Crippen LogP contribution in [0.2, 0.25) is 5.02 Å². The first-order valence-electron chi connectivity index (χ1n) is 6.83. The van der Waals surface area contributed by atoms with Gasteiger partial charge in [-0.2, -0.15) is 0 Å². The fourth-order valence-corrected chi connectivity index (χ4v) is 2.30. The average Bonchev–Trinajstić information content (AvgIpc) is 2.53. The summed E-state index contributed by atoms with van der Waals surface area (Å²) in [7, 11) is 0. The number of rotatable bonds is 3. The van der Waals surface area contributed by atoms with Crippen molar-refractivity contribution in [2.24, 2.45) is 0 Å². The van der Waals surface area contributed by atoms with Gasteiger partial charge >= 0.3 is 0 Å². The highest BCUT2D eigenvalue weighted by Gasteiger charge is 2.14. The molecule has 5 nitrogen and oxygen atoms in total. The highest BCUT2D eigenvalue weighted by Crippen LogP contribution is 2.21. The van der Waals surface area contributed by atoms with Crippen molar-refractivity contribution < 1.29 is 14.3 Å². The third kappa shape index (κ3) is 3.19. The van der Waals surface area contributed by atoms with E-state index in [1.54, 1.807) is 24.3 Å². The third-order valence-electron chi connectivity index (χ3n) is 3.32. The van der Waals surface area contributed by atoms with Crippen LogP contribution in [0.1, 0.15) is 16.1 Å². The molecule has 1 heterocycles. The lowest BCUT2D eigenvalue weighted by Gasteiger charge is -2.06. The topological polar surface area (TPSA) is 79.5 Å². The molecule has 0 atom stereocenters. The number of carbonyl (C=O) groups is 1.